The molecule has 1 heterocycles. The van der Waals surface area contributed by atoms with Crippen LogP contribution in [0.4, 0.5) is 0 Å². The molecule has 1 spiro atoms. The van der Waals surface area contributed by atoms with Crippen LogP contribution in [-0.2, 0) is 4.74 Å². The molecule has 2 aliphatic rings. The second-order valence-corrected chi connectivity index (χ2v) is 6.97. The first kappa shape index (κ1) is 14.1. The quantitative estimate of drug-likeness (QED) is 0.837. The number of benzene rings is 1. The summed E-state index contributed by atoms with van der Waals surface area (Å²) in [6.07, 6.45) is 5.31. The normalized spacial score (nSPS) is 34.4. The van der Waals surface area contributed by atoms with E-state index in [4.69, 9.17) is 4.74 Å². The molecular weight excluding hydrogens is 246 g/mol. The van der Waals surface area contributed by atoms with Gasteiger partial charge in [-0.2, -0.15) is 0 Å². The van der Waals surface area contributed by atoms with Gasteiger partial charge >= 0.3 is 0 Å². The monoisotopic (exact) mass is 273 g/mol. The molecule has 0 aromatic heterocycles. The third-order valence-corrected chi connectivity index (χ3v) is 5.12. The Morgan fingerprint density at radius 3 is 2.85 bits per heavy atom. The van der Waals surface area contributed by atoms with E-state index in [2.05, 4.69) is 44.3 Å². The summed E-state index contributed by atoms with van der Waals surface area (Å²) in [6.45, 7) is 8.69. The lowest BCUT2D eigenvalue weighted by Gasteiger charge is -2.46. The fourth-order valence-electron chi connectivity index (χ4n) is 3.85. The largest absolute Gasteiger partial charge is 0.364 e. The molecule has 2 nitrogen and oxygen atoms in total. The predicted octanol–water partition coefficient (Wildman–Crippen LogP) is 3.91. The van der Waals surface area contributed by atoms with Gasteiger partial charge in [0.1, 0.15) is 0 Å². The molecule has 1 aromatic carbocycles. The Morgan fingerprint density at radius 2 is 2.10 bits per heavy atom. The summed E-state index contributed by atoms with van der Waals surface area (Å²) in [7, 11) is 0. The highest BCUT2D eigenvalue weighted by atomic mass is 16.5. The molecule has 3 atom stereocenters. The van der Waals surface area contributed by atoms with Gasteiger partial charge in [-0.3, -0.25) is 0 Å². The fourth-order valence-corrected chi connectivity index (χ4v) is 3.85. The first-order valence-corrected chi connectivity index (χ1v) is 8.04. The molecule has 3 unspecified atom stereocenters. The van der Waals surface area contributed by atoms with Crippen LogP contribution < -0.4 is 5.32 Å². The molecule has 1 aliphatic heterocycles. The van der Waals surface area contributed by atoms with Crippen LogP contribution in [-0.4, -0.2) is 18.7 Å². The summed E-state index contributed by atoms with van der Waals surface area (Å²) in [5, 5.41) is 3.62. The minimum Gasteiger partial charge on any atom is -0.364 e. The lowest BCUT2D eigenvalue weighted by molar-refractivity contribution is -0.143. The van der Waals surface area contributed by atoms with E-state index >= 15 is 0 Å². The van der Waals surface area contributed by atoms with Gasteiger partial charge in [-0.1, -0.05) is 38.0 Å². The third-order valence-electron chi connectivity index (χ3n) is 5.12. The minimum atomic E-state index is 0.0827. The van der Waals surface area contributed by atoms with Crippen LogP contribution in [0.3, 0.4) is 0 Å². The number of hydrogen-bond donors (Lipinski definition) is 1. The molecule has 0 amide bonds. The van der Waals surface area contributed by atoms with Crippen molar-refractivity contribution in [3.63, 3.8) is 0 Å². The summed E-state index contributed by atoms with van der Waals surface area (Å²) in [5.41, 5.74) is 4.14. The number of nitrogens with one attached hydrogen (secondary N) is 1. The fraction of sp³-hybridized carbons (Fsp3) is 0.667. The van der Waals surface area contributed by atoms with Crippen molar-refractivity contribution in [2.24, 2.45) is 5.92 Å². The first-order valence-electron chi connectivity index (χ1n) is 8.04. The van der Waals surface area contributed by atoms with Crippen LogP contribution in [0, 0.1) is 19.8 Å². The maximum absolute atomic E-state index is 6.60. The summed E-state index contributed by atoms with van der Waals surface area (Å²) in [4.78, 5) is 0. The van der Waals surface area contributed by atoms with Crippen molar-refractivity contribution >= 4 is 0 Å². The van der Waals surface area contributed by atoms with Crippen molar-refractivity contribution in [2.45, 2.75) is 58.2 Å². The second-order valence-electron chi connectivity index (χ2n) is 6.97. The average molecular weight is 273 g/mol. The first-order chi connectivity index (χ1) is 9.58. The van der Waals surface area contributed by atoms with Crippen LogP contribution in [0.2, 0.25) is 0 Å². The van der Waals surface area contributed by atoms with Gasteiger partial charge in [0.05, 0.1) is 11.7 Å². The van der Waals surface area contributed by atoms with Crippen LogP contribution in [0.25, 0.3) is 0 Å². The summed E-state index contributed by atoms with van der Waals surface area (Å²) in [6, 6.07) is 6.76. The van der Waals surface area contributed by atoms with Crippen LogP contribution in [0.5, 0.6) is 0 Å². The molecule has 20 heavy (non-hydrogen) atoms. The maximum atomic E-state index is 6.60. The summed E-state index contributed by atoms with van der Waals surface area (Å²) < 4.78 is 6.60. The van der Waals surface area contributed by atoms with E-state index < -0.39 is 0 Å². The number of ether oxygens (including phenoxy) is 1. The van der Waals surface area contributed by atoms with Crippen molar-refractivity contribution in [1.29, 1.82) is 0 Å². The Balaban J connectivity index is 1.79. The van der Waals surface area contributed by atoms with Crippen molar-refractivity contribution in [3.8, 4) is 0 Å². The van der Waals surface area contributed by atoms with Gasteiger partial charge in [-0.25, -0.2) is 0 Å². The second kappa shape index (κ2) is 5.50. The van der Waals surface area contributed by atoms with Crippen LogP contribution in [0.1, 0.15) is 55.4 Å². The maximum Gasteiger partial charge on any atom is 0.0957 e. The standard InChI is InChI=1S/C18H27NO/c1-13-5-4-8-18(10-13)12-19-11-17(20-18)16-7-6-14(2)15(3)9-16/h6-7,9,13,17,19H,4-5,8,10-12H2,1-3H3. The van der Waals surface area contributed by atoms with Gasteiger partial charge in [0.25, 0.3) is 0 Å². The Bertz CT molecular complexity index is 480. The molecular formula is C18H27NO. The van der Waals surface area contributed by atoms with E-state index in [1.807, 2.05) is 0 Å². The molecule has 1 saturated carbocycles. The molecule has 1 N–H and O–H groups in total. The molecule has 0 bridgehead atoms. The summed E-state index contributed by atoms with van der Waals surface area (Å²) >= 11 is 0. The van der Waals surface area contributed by atoms with Gasteiger partial charge in [0.15, 0.2) is 0 Å². The highest BCUT2D eigenvalue weighted by molar-refractivity contribution is 5.31. The number of rotatable bonds is 1. The van der Waals surface area contributed by atoms with Gasteiger partial charge in [-0.05, 0) is 49.3 Å². The highest BCUT2D eigenvalue weighted by Crippen LogP contribution is 2.40. The van der Waals surface area contributed by atoms with E-state index in [0.29, 0.717) is 0 Å². The number of hydrogen-bond acceptors (Lipinski definition) is 2. The average Bonchev–Trinajstić information content (AvgIpc) is 2.42. The molecule has 2 fully saturated rings. The lowest BCUT2D eigenvalue weighted by Crippen LogP contribution is -2.52. The van der Waals surface area contributed by atoms with Crippen molar-refractivity contribution in [2.75, 3.05) is 13.1 Å². The van der Waals surface area contributed by atoms with E-state index in [1.54, 1.807) is 0 Å². The number of aryl methyl sites for hydroxylation is 2. The van der Waals surface area contributed by atoms with Crippen LogP contribution >= 0.6 is 0 Å². The van der Waals surface area contributed by atoms with E-state index in [0.717, 1.165) is 19.0 Å². The summed E-state index contributed by atoms with van der Waals surface area (Å²) in [5.74, 6) is 0.795. The van der Waals surface area contributed by atoms with E-state index in [9.17, 15) is 0 Å². The Kier molecular flexibility index (Phi) is 3.87. The van der Waals surface area contributed by atoms with Crippen molar-refractivity contribution in [1.82, 2.24) is 5.32 Å². The molecule has 1 aliphatic carbocycles. The van der Waals surface area contributed by atoms with Gasteiger partial charge in [0, 0.05) is 13.1 Å². The third kappa shape index (κ3) is 2.77. The minimum absolute atomic E-state index is 0.0827. The van der Waals surface area contributed by atoms with E-state index in [-0.39, 0.29) is 11.7 Å². The Hall–Kier alpha value is -0.860. The number of morpholine rings is 1. The Morgan fingerprint density at radius 1 is 1.25 bits per heavy atom. The lowest BCUT2D eigenvalue weighted by atomic mass is 9.77. The van der Waals surface area contributed by atoms with Crippen molar-refractivity contribution in [3.05, 3.63) is 34.9 Å². The topological polar surface area (TPSA) is 21.3 Å². The smallest absolute Gasteiger partial charge is 0.0957 e. The zero-order valence-electron chi connectivity index (χ0n) is 13.0. The van der Waals surface area contributed by atoms with Gasteiger partial charge in [-0.15, -0.1) is 0 Å². The van der Waals surface area contributed by atoms with E-state index in [1.165, 1.54) is 42.4 Å². The molecule has 0 radical (unpaired) electrons. The zero-order valence-corrected chi connectivity index (χ0v) is 13.0. The van der Waals surface area contributed by atoms with Crippen LogP contribution in [0.15, 0.2) is 18.2 Å². The molecule has 1 aromatic rings. The molecule has 2 heteroatoms. The highest BCUT2D eigenvalue weighted by Gasteiger charge is 2.40. The zero-order chi connectivity index (χ0) is 14.2. The predicted molar refractivity (Wildman–Crippen MR) is 83.0 cm³/mol. The molecule has 1 saturated heterocycles. The van der Waals surface area contributed by atoms with Gasteiger partial charge in [0.2, 0.25) is 0 Å². The molecule has 3 rings (SSSR count). The van der Waals surface area contributed by atoms with Gasteiger partial charge < -0.3 is 10.1 Å². The molecule has 110 valence electrons. The SMILES string of the molecule is Cc1ccc(C2CNCC3(CCCC(C)C3)O2)cc1C. The Labute approximate surface area is 122 Å². The van der Waals surface area contributed by atoms with Crippen molar-refractivity contribution < 1.29 is 4.74 Å².